The standard InChI is InChI=1S/C17H14Br3F/c18-7-5-17(6-8-19)15-9-11(20)1-3-13(15)14-4-2-12(21)10-16(14)17/h1-4,9-10H,5-8H2. The molecule has 0 unspecified atom stereocenters. The van der Waals surface area contributed by atoms with Gasteiger partial charge in [0.25, 0.3) is 0 Å². The molecule has 110 valence electrons. The van der Waals surface area contributed by atoms with Gasteiger partial charge in [-0.3, -0.25) is 0 Å². The lowest BCUT2D eigenvalue weighted by Gasteiger charge is -2.31. The van der Waals surface area contributed by atoms with Gasteiger partial charge in [-0.15, -0.1) is 0 Å². The fraction of sp³-hybridized carbons (Fsp3) is 0.294. The van der Waals surface area contributed by atoms with Gasteiger partial charge in [0.05, 0.1) is 0 Å². The van der Waals surface area contributed by atoms with Crippen molar-refractivity contribution in [2.24, 2.45) is 0 Å². The first-order valence-corrected chi connectivity index (χ1v) is 9.88. The first kappa shape index (κ1) is 15.7. The number of fused-ring (bicyclic) bond motifs is 3. The van der Waals surface area contributed by atoms with Crippen LogP contribution in [0.1, 0.15) is 24.0 Å². The molecule has 0 aliphatic heterocycles. The van der Waals surface area contributed by atoms with Crippen molar-refractivity contribution >= 4 is 47.8 Å². The summed E-state index contributed by atoms with van der Waals surface area (Å²) in [6, 6.07) is 11.6. The third-order valence-corrected chi connectivity index (χ3v) is 5.61. The topological polar surface area (TPSA) is 0 Å². The minimum absolute atomic E-state index is 0.121. The minimum Gasteiger partial charge on any atom is -0.207 e. The Bertz CT molecular complexity index is 622. The van der Waals surface area contributed by atoms with Gasteiger partial charge in [0.2, 0.25) is 0 Å². The van der Waals surface area contributed by atoms with Gasteiger partial charge in [0.15, 0.2) is 0 Å². The highest BCUT2D eigenvalue weighted by Crippen LogP contribution is 2.53. The van der Waals surface area contributed by atoms with E-state index in [1.807, 2.05) is 6.07 Å². The van der Waals surface area contributed by atoms with Gasteiger partial charge < -0.3 is 0 Å². The number of hydrogen-bond acceptors (Lipinski definition) is 0. The Hall–Kier alpha value is -0.190. The molecule has 1 aliphatic rings. The van der Waals surface area contributed by atoms with E-state index in [4.69, 9.17) is 0 Å². The molecule has 0 heterocycles. The van der Waals surface area contributed by atoms with E-state index in [1.54, 1.807) is 12.1 Å². The molecule has 4 heteroatoms. The Morgan fingerprint density at radius 1 is 0.857 bits per heavy atom. The van der Waals surface area contributed by atoms with Crippen LogP contribution in [0.5, 0.6) is 0 Å². The molecule has 1 aliphatic carbocycles. The second kappa shape index (κ2) is 6.13. The monoisotopic (exact) mass is 474 g/mol. The average molecular weight is 477 g/mol. The highest BCUT2D eigenvalue weighted by molar-refractivity contribution is 9.10. The molecule has 0 bridgehead atoms. The number of rotatable bonds is 4. The molecule has 0 radical (unpaired) electrons. The summed E-state index contributed by atoms with van der Waals surface area (Å²) >= 11 is 10.7. The van der Waals surface area contributed by atoms with E-state index < -0.39 is 0 Å². The van der Waals surface area contributed by atoms with Crippen molar-refractivity contribution in [1.29, 1.82) is 0 Å². The molecule has 2 aromatic carbocycles. The maximum Gasteiger partial charge on any atom is 0.123 e. The zero-order valence-electron chi connectivity index (χ0n) is 11.3. The van der Waals surface area contributed by atoms with Crippen LogP contribution >= 0.6 is 47.8 Å². The predicted molar refractivity (Wildman–Crippen MR) is 97.1 cm³/mol. The van der Waals surface area contributed by atoms with E-state index in [0.29, 0.717) is 0 Å². The van der Waals surface area contributed by atoms with Crippen LogP contribution in [0.25, 0.3) is 11.1 Å². The predicted octanol–water partition coefficient (Wildman–Crippen LogP) is 6.42. The molecule has 0 atom stereocenters. The highest BCUT2D eigenvalue weighted by atomic mass is 79.9. The van der Waals surface area contributed by atoms with Gasteiger partial charge in [0.1, 0.15) is 5.82 Å². The summed E-state index contributed by atoms with van der Waals surface area (Å²) in [5.41, 5.74) is 4.70. The molecule has 0 aromatic heterocycles. The van der Waals surface area contributed by atoms with Crippen molar-refractivity contribution < 1.29 is 4.39 Å². The Morgan fingerprint density at radius 2 is 1.43 bits per heavy atom. The summed E-state index contributed by atoms with van der Waals surface area (Å²) in [4.78, 5) is 0. The van der Waals surface area contributed by atoms with Crippen molar-refractivity contribution in [2.75, 3.05) is 10.7 Å². The Kier molecular flexibility index (Phi) is 4.58. The lowest BCUT2D eigenvalue weighted by molar-refractivity contribution is 0.496. The zero-order chi connectivity index (χ0) is 15.0. The van der Waals surface area contributed by atoms with Crippen LogP contribution in [0.2, 0.25) is 0 Å². The Balaban J connectivity index is 2.32. The molecular weight excluding hydrogens is 463 g/mol. The summed E-state index contributed by atoms with van der Waals surface area (Å²) in [5, 5.41) is 1.78. The summed E-state index contributed by atoms with van der Waals surface area (Å²) in [6.45, 7) is 0. The lowest BCUT2D eigenvalue weighted by atomic mass is 9.74. The number of hydrogen-bond donors (Lipinski definition) is 0. The largest absolute Gasteiger partial charge is 0.207 e. The molecule has 0 amide bonds. The second-order valence-electron chi connectivity index (χ2n) is 5.34. The highest BCUT2D eigenvalue weighted by Gasteiger charge is 2.42. The summed E-state index contributed by atoms with van der Waals surface area (Å²) in [5.74, 6) is -0.158. The van der Waals surface area contributed by atoms with Gasteiger partial charge >= 0.3 is 0 Å². The van der Waals surface area contributed by atoms with Gasteiger partial charge in [-0.2, -0.15) is 0 Å². The summed E-state index contributed by atoms with van der Waals surface area (Å²) < 4.78 is 14.9. The lowest BCUT2D eigenvalue weighted by Crippen LogP contribution is -2.26. The van der Waals surface area contributed by atoms with Crippen molar-refractivity contribution in [3.05, 3.63) is 57.8 Å². The maximum atomic E-state index is 13.9. The SMILES string of the molecule is Fc1ccc2c(c1)C(CCBr)(CCBr)c1cc(Br)ccc1-2. The van der Waals surface area contributed by atoms with Gasteiger partial charge in [-0.25, -0.2) is 4.39 Å². The number of halogens is 4. The van der Waals surface area contributed by atoms with Crippen LogP contribution < -0.4 is 0 Å². The first-order chi connectivity index (χ1) is 10.1. The maximum absolute atomic E-state index is 13.9. The van der Waals surface area contributed by atoms with Gasteiger partial charge in [-0.1, -0.05) is 59.9 Å². The molecule has 0 saturated heterocycles. The average Bonchev–Trinajstić information content (AvgIpc) is 2.70. The minimum atomic E-state index is -0.158. The third-order valence-electron chi connectivity index (χ3n) is 4.33. The molecule has 0 N–H and O–H groups in total. The molecule has 0 nitrogen and oxygen atoms in total. The molecule has 0 spiro atoms. The van der Waals surface area contributed by atoms with Crippen molar-refractivity contribution in [3.63, 3.8) is 0 Å². The van der Waals surface area contributed by atoms with Gasteiger partial charge in [0, 0.05) is 20.5 Å². The third kappa shape index (κ3) is 2.53. The van der Waals surface area contributed by atoms with Crippen LogP contribution in [0.3, 0.4) is 0 Å². The molecule has 2 aromatic rings. The summed E-state index contributed by atoms with van der Waals surface area (Å²) in [6.07, 6.45) is 1.91. The van der Waals surface area contributed by atoms with Crippen LogP contribution in [0.4, 0.5) is 4.39 Å². The zero-order valence-corrected chi connectivity index (χ0v) is 16.1. The Morgan fingerprint density at radius 3 is 2.05 bits per heavy atom. The number of alkyl halides is 2. The molecule has 0 saturated carbocycles. The number of benzene rings is 2. The van der Waals surface area contributed by atoms with Crippen molar-refractivity contribution in [3.8, 4) is 11.1 Å². The molecule has 0 fully saturated rings. The van der Waals surface area contributed by atoms with E-state index in [9.17, 15) is 4.39 Å². The Labute approximate surface area is 149 Å². The van der Waals surface area contributed by atoms with Crippen LogP contribution in [0.15, 0.2) is 40.9 Å². The van der Waals surface area contributed by atoms with Gasteiger partial charge in [-0.05, 0) is 59.4 Å². The van der Waals surface area contributed by atoms with Crippen molar-refractivity contribution in [1.82, 2.24) is 0 Å². The smallest absolute Gasteiger partial charge is 0.123 e. The summed E-state index contributed by atoms with van der Waals surface area (Å²) in [7, 11) is 0. The fourth-order valence-electron chi connectivity index (χ4n) is 3.43. The fourth-order valence-corrected chi connectivity index (χ4v) is 5.14. The van der Waals surface area contributed by atoms with Crippen molar-refractivity contribution in [2.45, 2.75) is 18.3 Å². The van der Waals surface area contributed by atoms with E-state index in [-0.39, 0.29) is 11.2 Å². The van der Waals surface area contributed by atoms with Crippen LogP contribution in [-0.2, 0) is 5.41 Å². The molecule has 21 heavy (non-hydrogen) atoms. The quantitative estimate of drug-likeness (QED) is 0.446. The molecular formula is C17H14Br3F. The van der Waals surface area contributed by atoms with Crippen LogP contribution in [0, 0.1) is 5.82 Å². The van der Waals surface area contributed by atoms with Crippen LogP contribution in [-0.4, -0.2) is 10.7 Å². The van der Waals surface area contributed by atoms with E-state index >= 15 is 0 Å². The van der Waals surface area contributed by atoms with E-state index in [0.717, 1.165) is 33.5 Å². The molecule has 3 rings (SSSR count). The second-order valence-corrected chi connectivity index (χ2v) is 7.84. The normalized spacial score (nSPS) is 14.9. The van der Waals surface area contributed by atoms with E-state index in [1.165, 1.54) is 16.7 Å². The first-order valence-electron chi connectivity index (χ1n) is 6.85. The van der Waals surface area contributed by atoms with E-state index in [2.05, 4.69) is 66.0 Å².